The lowest BCUT2D eigenvalue weighted by molar-refractivity contribution is -0.125. The minimum absolute atomic E-state index is 0. The third-order valence-electron chi connectivity index (χ3n) is 6.09. The molecule has 0 aromatic rings. The Balaban J connectivity index is 0.00000243. The van der Waals surface area contributed by atoms with E-state index in [1.54, 1.807) is 0 Å². The molecule has 2 aliphatic carbocycles. The van der Waals surface area contributed by atoms with E-state index in [1.807, 2.05) is 7.05 Å². The first-order valence-electron chi connectivity index (χ1n) is 10.1. The monoisotopic (exact) mass is 481 g/mol. The van der Waals surface area contributed by atoms with Gasteiger partial charge >= 0.3 is 0 Å². The molecule has 2 saturated carbocycles. The number of hydrogen-bond donors (Lipinski definition) is 2. The highest BCUT2D eigenvalue weighted by molar-refractivity contribution is 14.0. The van der Waals surface area contributed by atoms with Gasteiger partial charge in [-0.15, -0.1) is 24.0 Å². The summed E-state index contributed by atoms with van der Waals surface area (Å²) in [5, 5.41) is 7.01. The molecule has 1 aliphatic heterocycles. The highest BCUT2D eigenvalue weighted by Gasteiger charge is 2.56. The standard InChI is InChI=1S/C19H35N3O3.HI/c1-3-24-17-13-16(19(17)8-4-5-9-19)22-18(20-2)21-10-12-23-14-15-7-6-11-25-15;/h15-17H,3-14H2,1-2H3,(H2,20,21,22);1H. The maximum absolute atomic E-state index is 5.99. The van der Waals surface area contributed by atoms with Gasteiger partial charge in [0.15, 0.2) is 5.96 Å². The molecule has 2 N–H and O–H groups in total. The van der Waals surface area contributed by atoms with Crippen LogP contribution in [0.3, 0.4) is 0 Å². The van der Waals surface area contributed by atoms with Crippen molar-refractivity contribution < 1.29 is 14.2 Å². The zero-order valence-electron chi connectivity index (χ0n) is 16.3. The van der Waals surface area contributed by atoms with Gasteiger partial charge < -0.3 is 24.8 Å². The molecule has 1 spiro atoms. The van der Waals surface area contributed by atoms with Crippen LogP contribution in [0, 0.1) is 5.41 Å². The first-order chi connectivity index (χ1) is 12.3. The molecule has 152 valence electrons. The Morgan fingerprint density at radius 1 is 1.27 bits per heavy atom. The number of halogens is 1. The van der Waals surface area contributed by atoms with Gasteiger partial charge in [0, 0.05) is 38.3 Å². The van der Waals surface area contributed by atoms with Crippen LogP contribution in [-0.4, -0.2) is 64.2 Å². The predicted molar refractivity (Wildman–Crippen MR) is 114 cm³/mol. The highest BCUT2D eigenvalue weighted by atomic mass is 127. The van der Waals surface area contributed by atoms with Crippen LogP contribution in [0.25, 0.3) is 0 Å². The van der Waals surface area contributed by atoms with Gasteiger partial charge in [0.1, 0.15) is 0 Å². The number of nitrogens with one attached hydrogen (secondary N) is 2. The van der Waals surface area contributed by atoms with E-state index in [1.165, 1.54) is 25.7 Å². The van der Waals surface area contributed by atoms with Crippen LogP contribution in [0.1, 0.15) is 51.9 Å². The summed E-state index contributed by atoms with van der Waals surface area (Å²) in [6.45, 7) is 5.94. The van der Waals surface area contributed by atoms with Crippen LogP contribution in [0.2, 0.25) is 0 Å². The number of nitrogens with zero attached hydrogens (tertiary/aromatic N) is 1. The van der Waals surface area contributed by atoms with Gasteiger partial charge in [0.05, 0.1) is 25.4 Å². The van der Waals surface area contributed by atoms with Gasteiger partial charge in [-0.2, -0.15) is 0 Å². The molecule has 6 nitrogen and oxygen atoms in total. The number of hydrogen-bond acceptors (Lipinski definition) is 4. The summed E-state index contributed by atoms with van der Waals surface area (Å²) in [6, 6.07) is 0.477. The molecular formula is C19H36IN3O3. The van der Waals surface area contributed by atoms with E-state index >= 15 is 0 Å². The Labute approximate surface area is 175 Å². The van der Waals surface area contributed by atoms with Gasteiger partial charge in [-0.25, -0.2) is 0 Å². The Bertz CT molecular complexity index is 438. The van der Waals surface area contributed by atoms with Crippen molar-refractivity contribution in [2.45, 2.75) is 70.1 Å². The molecule has 0 radical (unpaired) electrons. The largest absolute Gasteiger partial charge is 0.378 e. The molecule has 0 aromatic heterocycles. The van der Waals surface area contributed by atoms with Crippen molar-refractivity contribution in [3.8, 4) is 0 Å². The minimum atomic E-state index is 0. The van der Waals surface area contributed by atoms with Crippen LogP contribution < -0.4 is 10.6 Å². The summed E-state index contributed by atoms with van der Waals surface area (Å²) < 4.78 is 17.3. The first kappa shape index (κ1) is 22.2. The Hall–Kier alpha value is -0.120. The van der Waals surface area contributed by atoms with Crippen molar-refractivity contribution in [1.29, 1.82) is 0 Å². The summed E-state index contributed by atoms with van der Waals surface area (Å²) in [5.74, 6) is 0.881. The second kappa shape index (κ2) is 11.0. The van der Waals surface area contributed by atoms with Gasteiger partial charge in [-0.05, 0) is 39.0 Å². The maximum atomic E-state index is 5.99. The first-order valence-corrected chi connectivity index (χ1v) is 10.1. The molecule has 26 heavy (non-hydrogen) atoms. The Kier molecular flexibility index (Phi) is 9.40. The molecule has 1 saturated heterocycles. The topological polar surface area (TPSA) is 64.1 Å². The van der Waals surface area contributed by atoms with Crippen molar-refractivity contribution >= 4 is 29.9 Å². The zero-order chi connectivity index (χ0) is 17.5. The van der Waals surface area contributed by atoms with Gasteiger partial charge in [0.25, 0.3) is 0 Å². The maximum Gasteiger partial charge on any atom is 0.191 e. The molecule has 3 unspecified atom stereocenters. The lowest BCUT2D eigenvalue weighted by Crippen LogP contribution is -2.65. The molecule has 0 bridgehead atoms. The van der Waals surface area contributed by atoms with Crippen LogP contribution >= 0.6 is 24.0 Å². The van der Waals surface area contributed by atoms with Crippen molar-refractivity contribution in [3.63, 3.8) is 0 Å². The predicted octanol–water partition coefficient (Wildman–Crippen LogP) is 2.70. The van der Waals surface area contributed by atoms with E-state index in [0.29, 0.717) is 36.9 Å². The molecule has 3 atom stereocenters. The molecule has 3 aliphatic rings. The third-order valence-corrected chi connectivity index (χ3v) is 6.09. The molecule has 0 aromatic carbocycles. The average Bonchev–Trinajstić information content (AvgIpc) is 3.31. The quantitative estimate of drug-likeness (QED) is 0.242. The molecule has 0 amide bonds. The third kappa shape index (κ3) is 5.23. The molecule has 3 rings (SSSR count). The number of guanidine groups is 1. The molecule has 3 fully saturated rings. The molecular weight excluding hydrogens is 445 g/mol. The second-order valence-electron chi connectivity index (χ2n) is 7.53. The van der Waals surface area contributed by atoms with Crippen LogP contribution in [-0.2, 0) is 14.2 Å². The van der Waals surface area contributed by atoms with Crippen LogP contribution in [0.15, 0.2) is 4.99 Å². The fourth-order valence-corrected chi connectivity index (χ4v) is 4.68. The van der Waals surface area contributed by atoms with E-state index in [0.717, 1.165) is 45.0 Å². The van der Waals surface area contributed by atoms with E-state index in [9.17, 15) is 0 Å². The lowest BCUT2D eigenvalue weighted by Gasteiger charge is -2.54. The smallest absolute Gasteiger partial charge is 0.191 e. The van der Waals surface area contributed by atoms with Gasteiger partial charge in [-0.3, -0.25) is 4.99 Å². The summed E-state index contributed by atoms with van der Waals surface area (Å²) >= 11 is 0. The van der Waals surface area contributed by atoms with E-state index < -0.39 is 0 Å². The summed E-state index contributed by atoms with van der Waals surface area (Å²) in [4.78, 5) is 4.38. The van der Waals surface area contributed by atoms with Crippen LogP contribution in [0.5, 0.6) is 0 Å². The lowest BCUT2D eigenvalue weighted by atomic mass is 9.60. The van der Waals surface area contributed by atoms with Gasteiger partial charge in [-0.1, -0.05) is 12.8 Å². The van der Waals surface area contributed by atoms with Crippen molar-refractivity contribution in [3.05, 3.63) is 0 Å². The average molecular weight is 481 g/mol. The fourth-order valence-electron chi connectivity index (χ4n) is 4.68. The zero-order valence-corrected chi connectivity index (χ0v) is 18.6. The number of aliphatic imine (C=N–C) groups is 1. The summed E-state index contributed by atoms with van der Waals surface area (Å²) in [7, 11) is 1.84. The molecule has 7 heteroatoms. The SMILES string of the molecule is CCOC1CC(NC(=NC)NCCOCC2CCCO2)C12CCCC2.I. The molecule has 1 heterocycles. The van der Waals surface area contributed by atoms with E-state index in [4.69, 9.17) is 14.2 Å². The highest BCUT2D eigenvalue weighted by Crippen LogP contribution is 2.54. The van der Waals surface area contributed by atoms with Crippen molar-refractivity contribution in [2.24, 2.45) is 10.4 Å². The van der Waals surface area contributed by atoms with Crippen molar-refractivity contribution in [1.82, 2.24) is 10.6 Å². The van der Waals surface area contributed by atoms with Crippen LogP contribution in [0.4, 0.5) is 0 Å². The van der Waals surface area contributed by atoms with E-state index in [2.05, 4.69) is 22.5 Å². The minimum Gasteiger partial charge on any atom is -0.378 e. The van der Waals surface area contributed by atoms with E-state index in [-0.39, 0.29) is 24.0 Å². The number of rotatable bonds is 8. The fraction of sp³-hybridized carbons (Fsp3) is 0.947. The Morgan fingerprint density at radius 2 is 2.08 bits per heavy atom. The van der Waals surface area contributed by atoms with Crippen molar-refractivity contribution in [2.75, 3.05) is 40.0 Å². The summed E-state index contributed by atoms with van der Waals surface area (Å²) in [6.07, 6.45) is 9.29. The second-order valence-corrected chi connectivity index (χ2v) is 7.53. The normalized spacial score (nSPS) is 30.1. The summed E-state index contributed by atoms with van der Waals surface area (Å²) in [5.41, 5.74) is 0.323. The number of ether oxygens (including phenoxy) is 3. The Morgan fingerprint density at radius 3 is 2.73 bits per heavy atom. The van der Waals surface area contributed by atoms with Gasteiger partial charge in [0.2, 0.25) is 0 Å².